The molecule has 2 aliphatic heterocycles. The molecule has 1 aromatic heterocycles. The zero-order chi connectivity index (χ0) is 18.9. The van der Waals surface area contributed by atoms with Gasteiger partial charge < -0.3 is 19.7 Å². The third kappa shape index (κ3) is 3.61. The molecule has 146 valence electrons. The minimum atomic E-state index is -0.0682. The fourth-order valence-corrected chi connectivity index (χ4v) is 3.90. The van der Waals surface area contributed by atoms with Gasteiger partial charge in [-0.05, 0) is 37.8 Å². The summed E-state index contributed by atoms with van der Waals surface area (Å²) in [5.74, 6) is 2.92. The largest absolute Gasteiger partial charge is 0.486 e. The normalized spacial score (nSPS) is 21.3. The molecule has 5 rings (SSSR count). The summed E-state index contributed by atoms with van der Waals surface area (Å²) in [6.07, 6.45) is 5.95. The number of hydrogen-bond acceptors (Lipinski definition) is 6. The average Bonchev–Trinajstić information content (AvgIpc) is 3.59. The molecule has 7 heteroatoms. The third-order valence-electron chi connectivity index (χ3n) is 5.60. The number of piperidine rings is 1. The number of rotatable bonds is 4. The Morgan fingerprint density at radius 3 is 2.79 bits per heavy atom. The number of hydrogen-bond donors (Lipinski definition) is 1. The number of fused-ring (bicyclic) bond motifs is 1. The SMILES string of the molecule is O=C(Nc1ccc2c(c1)OCCO2)C1CCCN(c2cc(C3CC3)ncn2)C1. The van der Waals surface area contributed by atoms with Crippen LogP contribution in [-0.2, 0) is 4.79 Å². The van der Waals surface area contributed by atoms with Crippen LogP contribution in [0, 0.1) is 5.92 Å². The second kappa shape index (κ2) is 7.30. The lowest BCUT2D eigenvalue weighted by atomic mass is 9.97. The number of ether oxygens (including phenoxy) is 2. The maximum Gasteiger partial charge on any atom is 0.229 e. The molecule has 1 unspecified atom stereocenters. The molecule has 1 aliphatic carbocycles. The molecule has 1 atom stereocenters. The van der Waals surface area contributed by atoms with Crippen molar-refractivity contribution in [1.82, 2.24) is 9.97 Å². The Bertz CT molecular complexity index is 884. The Morgan fingerprint density at radius 2 is 1.93 bits per heavy atom. The van der Waals surface area contributed by atoms with Crippen LogP contribution >= 0.6 is 0 Å². The maximum atomic E-state index is 12.9. The number of nitrogens with one attached hydrogen (secondary N) is 1. The molecule has 1 N–H and O–H groups in total. The number of anilines is 2. The fraction of sp³-hybridized carbons (Fsp3) is 0.476. The summed E-state index contributed by atoms with van der Waals surface area (Å²) in [6, 6.07) is 7.63. The number of aromatic nitrogens is 2. The highest BCUT2D eigenvalue weighted by molar-refractivity contribution is 5.93. The molecule has 1 saturated heterocycles. The average molecular weight is 380 g/mol. The van der Waals surface area contributed by atoms with Gasteiger partial charge in [-0.2, -0.15) is 0 Å². The summed E-state index contributed by atoms with van der Waals surface area (Å²) in [5.41, 5.74) is 1.87. The van der Waals surface area contributed by atoms with Gasteiger partial charge in [0.2, 0.25) is 5.91 Å². The minimum Gasteiger partial charge on any atom is -0.486 e. The van der Waals surface area contributed by atoms with E-state index in [-0.39, 0.29) is 11.8 Å². The van der Waals surface area contributed by atoms with Crippen LogP contribution in [0.25, 0.3) is 0 Å². The van der Waals surface area contributed by atoms with Crippen molar-refractivity contribution >= 4 is 17.4 Å². The van der Waals surface area contributed by atoms with E-state index in [0.717, 1.165) is 42.3 Å². The molecule has 2 fully saturated rings. The molecule has 0 radical (unpaired) electrons. The van der Waals surface area contributed by atoms with Crippen molar-refractivity contribution < 1.29 is 14.3 Å². The third-order valence-corrected chi connectivity index (χ3v) is 5.60. The van der Waals surface area contributed by atoms with E-state index in [4.69, 9.17) is 9.47 Å². The Labute approximate surface area is 164 Å². The molecular weight excluding hydrogens is 356 g/mol. The van der Waals surface area contributed by atoms with Gasteiger partial charge >= 0.3 is 0 Å². The summed E-state index contributed by atoms with van der Waals surface area (Å²) in [5, 5.41) is 3.04. The predicted molar refractivity (Wildman–Crippen MR) is 105 cm³/mol. The number of carbonyl (C=O) groups is 1. The van der Waals surface area contributed by atoms with Gasteiger partial charge in [0, 0.05) is 42.5 Å². The summed E-state index contributed by atoms with van der Waals surface area (Å²) in [4.78, 5) is 23.9. The standard InChI is InChI=1S/C21H24N4O3/c26-21(24-16-5-6-18-19(10-16)28-9-8-27-18)15-2-1-7-25(12-15)20-11-17(14-3-4-14)22-13-23-20/h5-6,10-11,13-15H,1-4,7-9,12H2,(H,24,26). The van der Waals surface area contributed by atoms with Crippen molar-refractivity contribution in [3.05, 3.63) is 36.3 Å². The molecule has 7 nitrogen and oxygen atoms in total. The van der Waals surface area contributed by atoms with Crippen LogP contribution in [0.4, 0.5) is 11.5 Å². The summed E-state index contributed by atoms with van der Waals surface area (Å²) >= 11 is 0. The molecular formula is C21H24N4O3. The fourth-order valence-electron chi connectivity index (χ4n) is 3.90. The highest BCUT2D eigenvalue weighted by Gasteiger charge is 2.29. The van der Waals surface area contributed by atoms with Gasteiger partial charge in [0.25, 0.3) is 0 Å². The smallest absolute Gasteiger partial charge is 0.229 e. The lowest BCUT2D eigenvalue weighted by Gasteiger charge is -2.33. The van der Waals surface area contributed by atoms with Gasteiger partial charge in [-0.25, -0.2) is 9.97 Å². The van der Waals surface area contributed by atoms with E-state index >= 15 is 0 Å². The Morgan fingerprint density at radius 1 is 1.07 bits per heavy atom. The summed E-state index contributed by atoms with van der Waals surface area (Å²) in [7, 11) is 0. The first-order valence-corrected chi connectivity index (χ1v) is 10.0. The van der Waals surface area contributed by atoms with E-state index in [1.807, 2.05) is 18.2 Å². The number of amides is 1. The topological polar surface area (TPSA) is 76.6 Å². The molecule has 1 saturated carbocycles. The quantitative estimate of drug-likeness (QED) is 0.879. The van der Waals surface area contributed by atoms with E-state index in [9.17, 15) is 4.79 Å². The van der Waals surface area contributed by atoms with Crippen molar-refractivity contribution in [3.63, 3.8) is 0 Å². The first kappa shape index (κ1) is 17.3. The predicted octanol–water partition coefficient (Wildman–Crippen LogP) is 2.98. The van der Waals surface area contributed by atoms with Gasteiger partial charge in [-0.3, -0.25) is 4.79 Å². The molecule has 0 bridgehead atoms. The molecule has 1 aromatic carbocycles. The van der Waals surface area contributed by atoms with Crippen molar-refractivity contribution in [2.75, 3.05) is 36.5 Å². The highest BCUT2D eigenvalue weighted by Crippen LogP contribution is 2.39. The Hall–Kier alpha value is -2.83. The Balaban J connectivity index is 1.26. The zero-order valence-corrected chi connectivity index (χ0v) is 15.8. The van der Waals surface area contributed by atoms with Crippen LogP contribution in [0.2, 0.25) is 0 Å². The van der Waals surface area contributed by atoms with Crippen LogP contribution in [-0.4, -0.2) is 42.2 Å². The van der Waals surface area contributed by atoms with Crippen molar-refractivity contribution in [1.29, 1.82) is 0 Å². The van der Waals surface area contributed by atoms with Gasteiger partial charge in [0.1, 0.15) is 25.4 Å². The second-order valence-electron chi connectivity index (χ2n) is 7.71. The van der Waals surface area contributed by atoms with Crippen LogP contribution in [0.1, 0.15) is 37.3 Å². The van der Waals surface area contributed by atoms with Crippen LogP contribution in [0.5, 0.6) is 11.5 Å². The second-order valence-corrected chi connectivity index (χ2v) is 7.71. The zero-order valence-electron chi connectivity index (χ0n) is 15.8. The number of benzene rings is 1. The van der Waals surface area contributed by atoms with Crippen molar-refractivity contribution in [2.24, 2.45) is 5.92 Å². The van der Waals surface area contributed by atoms with Crippen molar-refractivity contribution in [2.45, 2.75) is 31.6 Å². The first-order chi connectivity index (χ1) is 13.8. The van der Waals surface area contributed by atoms with E-state index in [1.54, 1.807) is 6.33 Å². The van der Waals surface area contributed by atoms with E-state index in [0.29, 0.717) is 31.4 Å². The van der Waals surface area contributed by atoms with Crippen molar-refractivity contribution in [3.8, 4) is 11.5 Å². The van der Waals surface area contributed by atoms with Gasteiger partial charge in [-0.1, -0.05) is 0 Å². The van der Waals surface area contributed by atoms with E-state index in [2.05, 4.69) is 26.3 Å². The van der Waals surface area contributed by atoms with E-state index in [1.165, 1.54) is 12.8 Å². The van der Waals surface area contributed by atoms with Crippen LogP contribution in [0.15, 0.2) is 30.6 Å². The molecule has 28 heavy (non-hydrogen) atoms. The molecule has 0 spiro atoms. The summed E-state index contributed by atoms with van der Waals surface area (Å²) < 4.78 is 11.1. The molecule has 3 heterocycles. The minimum absolute atomic E-state index is 0.0397. The van der Waals surface area contributed by atoms with Gasteiger partial charge in [0.15, 0.2) is 11.5 Å². The van der Waals surface area contributed by atoms with Crippen LogP contribution < -0.4 is 19.7 Å². The summed E-state index contributed by atoms with van der Waals surface area (Å²) in [6.45, 7) is 2.69. The molecule has 2 aromatic rings. The molecule has 3 aliphatic rings. The maximum absolute atomic E-state index is 12.9. The number of carbonyl (C=O) groups excluding carboxylic acids is 1. The Kier molecular flexibility index (Phi) is 4.50. The highest BCUT2D eigenvalue weighted by atomic mass is 16.6. The lowest BCUT2D eigenvalue weighted by molar-refractivity contribution is -0.120. The molecule has 1 amide bonds. The lowest BCUT2D eigenvalue weighted by Crippen LogP contribution is -2.41. The van der Waals surface area contributed by atoms with Gasteiger partial charge in [0.05, 0.1) is 5.92 Å². The van der Waals surface area contributed by atoms with Gasteiger partial charge in [-0.15, -0.1) is 0 Å². The van der Waals surface area contributed by atoms with E-state index < -0.39 is 0 Å². The first-order valence-electron chi connectivity index (χ1n) is 10.0. The number of nitrogens with zero attached hydrogens (tertiary/aromatic N) is 3. The van der Waals surface area contributed by atoms with Crippen LogP contribution in [0.3, 0.4) is 0 Å². The monoisotopic (exact) mass is 380 g/mol.